The molecule has 0 aliphatic heterocycles. The molecule has 11 rings (SSSR count). The van der Waals surface area contributed by atoms with Gasteiger partial charge in [0.1, 0.15) is 5.58 Å². The second kappa shape index (κ2) is 11.7. The van der Waals surface area contributed by atoms with Crippen molar-refractivity contribution in [1.82, 2.24) is 4.57 Å². The second-order valence-electron chi connectivity index (χ2n) is 13.8. The van der Waals surface area contributed by atoms with E-state index in [1.807, 2.05) is 6.07 Å². The minimum atomic E-state index is 0.866. The molecular formula is C50H32N2O. The first-order chi connectivity index (χ1) is 26.3. The maximum absolute atomic E-state index is 6.66. The van der Waals surface area contributed by atoms with Gasteiger partial charge < -0.3 is 13.9 Å². The van der Waals surface area contributed by atoms with E-state index in [1.54, 1.807) is 0 Å². The van der Waals surface area contributed by atoms with E-state index in [0.717, 1.165) is 44.7 Å². The fourth-order valence-electron chi connectivity index (χ4n) is 8.20. The summed E-state index contributed by atoms with van der Waals surface area (Å²) in [6.07, 6.45) is 0. The van der Waals surface area contributed by atoms with Crippen LogP contribution in [0, 0.1) is 0 Å². The molecule has 0 atom stereocenters. The van der Waals surface area contributed by atoms with E-state index in [4.69, 9.17) is 4.42 Å². The molecule has 0 radical (unpaired) electrons. The fraction of sp³-hybridized carbons (Fsp3) is 0. The van der Waals surface area contributed by atoms with Gasteiger partial charge in [-0.2, -0.15) is 0 Å². The smallest absolute Gasteiger partial charge is 0.159 e. The van der Waals surface area contributed by atoms with Crippen molar-refractivity contribution in [1.29, 1.82) is 0 Å². The number of hydrogen-bond donors (Lipinski definition) is 0. The number of fused-ring (bicyclic) bond motifs is 8. The number of rotatable bonds is 5. The average molecular weight is 677 g/mol. The summed E-state index contributed by atoms with van der Waals surface area (Å²) < 4.78 is 9.06. The third-order valence-electron chi connectivity index (χ3n) is 10.7. The van der Waals surface area contributed by atoms with E-state index in [0.29, 0.717) is 0 Å². The Morgan fingerprint density at radius 1 is 0.377 bits per heavy atom. The van der Waals surface area contributed by atoms with E-state index >= 15 is 0 Å². The van der Waals surface area contributed by atoms with Crippen LogP contribution in [0.15, 0.2) is 199 Å². The Kier molecular flexibility index (Phi) is 6.55. The van der Waals surface area contributed by atoms with Gasteiger partial charge in [-0.15, -0.1) is 0 Å². The second-order valence-corrected chi connectivity index (χ2v) is 13.8. The predicted molar refractivity (Wildman–Crippen MR) is 223 cm³/mol. The van der Waals surface area contributed by atoms with Gasteiger partial charge in [0.05, 0.1) is 16.7 Å². The SMILES string of the molecule is c1ccc(-n2c3ccc(N(c4ccc(-c5ccc6ccccc6c5)cc4)c4cccc5c4oc4ccccc45)cc3c3cc4ccccc4cc32)cc1. The van der Waals surface area contributed by atoms with Crippen molar-refractivity contribution in [3.8, 4) is 16.8 Å². The molecule has 0 spiro atoms. The van der Waals surface area contributed by atoms with E-state index in [-0.39, 0.29) is 0 Å². The van der Waals surface area contributed by atoms with Crippen molar-refractivity contribution < 1.29 is 4.42 Å². The Bertz CT molecular complexity index is 3170. The summed E-state index contributed by atoms with van der Waals surface area (Å²) in [4.78, 5) is 2.35. The standard InChI is InChI=1S/C50H32N2O/c1-2-15-39(16-3-1)52-46-28-27-41(32-45(46)44-30-36-13-6-7-14-37(36)31-48(44)52)51(47-19-10-18-43-42-17-8-9-20-49(42)53-50(43)47)40-25-23-34(24-26-40)38-22-21-33-11-4-5-12-35(33)29-38/h1-32H. The molecule has 3 heteroatoms. The Labute approximate surface area is 306 Å². The van der Waals surface area contributed by atoms with Crippen LogP contribution < -0.4 is 4.90 Å². The zero-order chi connectivity index (χ0) is 34.9. The molecule has 9 aromatic carbocycles. The van der Waals surface area contributed by atoms with Crippen molar-refractivity contribution in [3.63, 3.8) is 0 Å². The molecule has 11 aromatic rings. The van der Waals surface area contributed by atoms with Gasteiger partial charge in [0.2, 0.25) is 0 Å². The minimum absolute atomic E-state index is 0.866. The number of para-hydroxylation sites is 3. The third kappa shape index (κ3) is 4.75. The normalized spacial score (nSPS) is 11.8. The van der Waals surface area contributed by atoms with Crippen LogP contribution in [0.1, 0.15) is 0 Å². The van der Waals surface area contributed by atoms with Crippen LogP contribution in [-0.2, 0) is 0 Å². The van der Waals surface area contributed by atoms with Gasteiger partial charge in [-0.1, -0.05) is 121 Å². The molecular weight excluding hydrogens is 645 g/mol. The van der Waals surface area contributed by atoms with E-state index in [1.165, 1.54) is 54.5 Å². The molecule has 2 heterocycles. The topological polar surface area (TPSA) is 21.3 Å². The Balaban J connectivity index is 1.15. The van der Waals surface area contributed by atoms with Crippen molar-refractivity contribution in [2.75, 3.05) is 4.90 Å². The summed E-state index contributed by atoms with van der Waals surface area (Å²) >= 11 is 0. The number of furan rings is 1. The molecule has 248 valence electrons. The lowest BCUT2D eigenvalue weighted by Gasteiger charge is -2.26. The van der Waals surface area contributed by atoms with E-state index in [9.17, 15) is 0 Å². The quantitative estimate of drug-likeness (QED) is 0.181. The maximum Gasteiger partial charge on any atom is 0.159 e. The van der Waals surface area contributed by atoms with Crippen LogP contribution >= 0.6 is 0 Å². The van der Waals surface area contributed by atoms with Crippen LogP contribution in [0.3, 0.4) is 0 Å². The number of nitrogens with zero attached hydrogens (tertiary/aromatic N) is 2. The van der Waals surface area contributed by atoms with Crippen LogP contribution in [0.5, 0.6) is 0 Å². The highest BCUT2D eigenvalue weighted by Crippen LogP contribution is 2.45. The highest BCUT2D eigenvalue weighted by Gasteiger charge is 2.22. The third-order valence-corrected chi connectivity index (χ3v) is 10.7. The average Bonchev–Trinajstić information content (AvgIpc) is 3.76. The summed E-state index contributed by atoms with van der Waals surface area (Å²) in [6.45, 7) is 0. The van der Waals surface area contributed by atoms with Crippen LogP contribution in [0.25, 0.3) is 82.1 Å². The van der Waals surface area contributed by atoms with Gasteiger partial charge in [-0.05, 0) is 105 Å². The summed E-state index contributed by atoms with van der Waals surface area (Å²) in [5, 5.41) is 9.57. The lowest BCUT2D eigenvalue weighted by Crippen LogP contribution is -2.10. The summed E-state index contributed by atoms with van der Waals surface area (Å²) in [6, 6.07) is 69.8. The molecule has 0 N–H and O–H groups in total. The summed E-state index contributed by atoms with van der Waals surface area (Å²) in [5.74, 6) is 0. The van der Waals surface area contributed by atoms with Gasteiger partial charge in [0.25, 0.3) is 0 Å². The van der Waals surface area contributed by atoms with Gasteiger partial charge in [0, 0.05) is 38.6 Å². The highest BCUT2D eigenvalue weighted by molar-refractivity contribution is 6.15. The first-order valence-corrected chi connectivity index (χ1v) is 18.1. The van der Waals surface area contributed by atoms with Gasteiger partial charge in [0.15, 0.2) is 5.58 Å². The molecule has 3 nitrogen and oxygen atoms in total. The summed E-state index contributed by atoms with van der Waals surface area (Å²) in [5.41, 5.74) is 10.7. The highest BCUT2D eigenvalue weighted by atomic mass is 16.3. The maximum atomic E-state index is 6.66. The largest absolute Gasteiger partial charge is 0.454 e. The molecule has 0 fully saturated rings. The first-order valence-electron chi connectivity index (χ1n) is 18.1. The number of hydrogen-bond acceptors (Lipinski definition) is 2. The molecule has 0 amide bonds. The fourth-order valence-corrected chi connectivity index (χ4v) is 8.20. The molecule has 0 aliphatic carbocycles. The number of benzene rings is 9. The van der Waals surface area contributed by atoms with Crippen molar-refractivity contribution in [3.05, 3.63) is 194 Å². The molecule has 2 aromatic heterocycles. The Morgan fingerprint density at radius 2 is 1.02 bits per heavy atom. The zero-order valence-corrected chi connectivity index (χ0v) is 28.8. The first kappa shape index (κ1) is 29.6. The Morgan fingerprint density at radius 3 is 1.85 bits per heavy atom. The van der Waals surface area contributed by atoms with Gasteiger partial charge in [-0.3, -0.25) is 0 Å². The molecule has 53 heavy (non-hydrogen) atoms. The van der Waals surface area contributed by atoms with Gasteiger partial charge in [-0.25, -0.2) is 0 Å². The Hall–Kier alpha value is -7.10. The molecule has 0 unspecified atom stereocenters. The zero-order valence-electron chi connectivity index (χ0n) is 28.8. The van der Waals surface area contributed by atoms with E-state index < -0.39 is 0 Å². The monoisotopic (exact) mass is 676 g/mol. The van der Waals surface area contributed by atoms with Gasteiger partial charge >= 0.3 is 0 Å². The minimum Gasteiger partial charge on any atom is -0.454 e. The molecule has 0 aliphatic rings. The lowest BCUT2D eigenvalue weighted by molar-refractivity contribution is 0.669. The molecule has 0 saturated heterocycles. The van der Waals surface area contributed by atoms with Crippen molar-refractivity contribution in [2.24, 2.45) is 0 Å². The molecule has 0 bridgehead atoms. The lowest BCUT2D eigenvalue weighted by atomic mass is 10.0. The van der Waals surface area contributed by atoms with E-state index in [2.05, 4.69) is 198 Å². The van der Waals surface area contributed by atoms with Crippen molar-refractivity contribution >= 4 is 82.4 Å². The summed E-state index contributed by atoms with van der Waals surface area (Å²) in [7, 11) is 0. The van der Waals surface area contributed by atoms with Crippen LogP contribution in [0.2, 0.25) is 0 Å². The number of aromatic nitrogens is 1. The molecule has 0 saturated carbocycles. The number of anilines is 3. The van der Waals surface area contributed by atoms with Crippen LogP contribution in [0.4, 0.5) is 17.1 Å². The predicted octanol–water partition coefficient (Wildman–Crippen LogP) is 14.1. The van der Waals surface area contributed by atoms with Crippen molar-refractivity contribution in [2.45, 2.75) is 0 Å². The van der Waals surface area contributed by atoms with Crippen LogP contribution in [-0.4, -0.2) is 4.57 Å².